The third-order valence-electron chi connectivity index (χ3n) is 2.95. The second kappa shape index (κ2) is 8.06. The highest BCUT2D eigenvalue weighted by atomic mass is 19.1. The van der Waals surface area contributed by atoms with E-state index in [0.717, 1.165) is 24.3 Å². The Kier molecular flexibility index (Phi) is 5.78. The summed E-state index contributed by atoms with van der Waals surface area (Å²) in [4.78, 5) is 3.57. The molecule has 0 aliphatic carbocycles. The molecule has 3 heteroatoms. The standard InChI is InChI=1S/C18H18FNO/c1-2-3-4-13-21-17-10-7-15(8-11-17)5-6-16-9-12-18(19)20-14-16/h7-12,14H,2-4,13H2,1H3. The van der Waals surface area contributed by atoms with Crippen LogP contribution in [0.2, 0.25) is 0 Å². The Morgan fingerprint density at radius 1 is 1.00 bits per heavy atom. The van der Waals surface area contributed by atoms with Crippen molar-refractivity contribution in [3.05, 3.63) is 59.7 Å². The lowest BCUT2D eigenvalue weighted by molar-refractivity contribution is 0.306. The lowest BCUT2D eigenvalue weighted by Gasteiger charge is -2.05. The summed E-state index contributed by atoms with van der Waals surface area (Å²) >= 11 is 0. The van der Waals surface area contributed by atoms with Crippen LogP contribution in [0.5, 0.6) is 5.75 Å². The minimum absolute atomic E-state index is 0.495. The maximum Gasteiger partial charge on any atom is 0.212 e. The molecule has 0 aliphatic rings. The van der Waals surface area contributed by atoms with E-state index in [-0.39, 0.29) is 0 Å². The normalized spacial score (nSPS) is 9.81. The van der Waals surface area contributed by atoms with Crippen molar-refractivity contribution in [3.63, 3.8) is 0 Å². The number of benzene rings is 1. The molecule has 0 aliphatic heterocycles. The summed E-state index contributed by atoms with van der Waals surface area (Å²) in [5, 5.41) is 0. The Labute approximate surface area is 125 Å². The van der Waals surface area contributed by atoms with Crippen LogP contribution in [0, 0.1) is 17.8 Å². The molecule has 1 aromatic heterocycles. The summed E-state index contributed by atoms with van der Waals surface area (Å²) in [6, 6.07) is 10.6. The minimum atomic E-state index is -0.495. The molecule has 0 saturated heterocycles. The van der Waals surface area contributed by atoms with Crippen LogP contribution in [-0.4, -0.2) is 11.6 Å². The average Bonchev–Trinajstić information content (AvgIpc) is 2.52. The molecule has 0 amide bonds. The first-order valence-corrected chi connectivity index (χ1v) is 7.14. The number of ether oxygens (including phenoxy) is 1. The number of hydrogen-bond acceptors (Lipinski definition) is 2. The Morgan fingerprint density at radius 2 is 1.71 bits per heavy atom. The smallest absolute Gasteiger partial charge is 0.212 e. The molecule has 0 spiro atoms. The van der Waals surface area contributed by atoms with Crippen LogP contribution in [-0.2, 0) is 0 Å². The highest BCUT2D eigenvalue weighted by Crippen LogP contribution is 2.12. The third kappa shape index (κ3) is 5.27. The molecule has 0 bridgehead atoms. The van der Waals surface area contributed by atoms with Gasteiger partial charge in [0.25, 0.3) is 0 Å². The Bertz CT molecular complexity index is 608. The van der Waals surface area contributed by atoms with Gasteiger partial charge in [0.15, 0.2) is 0 Å². The number of aromatic nitrogens is 1. The van der Waals surface area contributed by atoms with E-state index in [1.54, 1.807) is 6.07 Å². The van der Waals surface area contributed by atoms with Crippen molar-refractivity contribution in [3.8, 4) is 17.6 Å². The molecule has 1 heterocycles. The predicted molar refractivity (Wildman–Crippen MR) is 81.6 cm³/mol. The van der Waals surface area contributed by atoms with Crippen molar-refractivity contribution in [2.45, 2.75) is 26.2 Å². The predicted octanol–water partition coefficient (Wildman–Crippen LogP) is 4.19. The Morgan fingerprint density at radius 3 is 2.38 bits per heavy atom. The Hall–Kier alpha value is -2.34. The van der Waals surface area contributed by atoms with Crippen LogP contribution in [0.3, 0.4) is 0 Å². The maximum atomic E-state index is 12.7. The van der Waals surface area contributed by atoms with Gasteiger partial charge in [0, 0.05) is 17.3 Å². The van der Waals surface area contributed by atoms with E-state index in [0.29, 0.717) is 5.56 Å². The monoisotopic (exact) mass is 283 g/mol. The zero-order chi connectivity index (χ0) is 14.9. The topological polar surface area (TPSA) is 22.1 Å². The fraction of sp³-hybridized carbons (Fsp3) is 0.278. The van der Waals surface area contributed by atoms with E-state index in [1.165, 1.54) is 25.1 Å². The van der Waals surface area contributed by atoms with Crippen molar-refractivity contribution in [2.75, 3.05) is 6.61 Å². The average molecular weight is 283 g/mol. The molecule has 2 rings (SSSR count). The first kappa shape index (κ1) is 15.1. The summed E-state index contributed by atoms with van der Waals surface area (Å²) in [6.45, 7) is 2.92. The van der Waals surface area contributed by atoms with Gasteiger partial charge in [-0.15, -0.1) is 0 Å². The van der Waals surface area contributed by atoms with Crippen molar-refractivity contribution in [2.24, 2.45) is 0 Å². The van der Waals surface area contributed by atoms with E-state index in [4.69, 9.17) is 4.74 Å². The second-order valence-electron chi connectivity index (χ2n) is 4.70. The molecule has 0 fully saturated rings. The van der Waals surface area contributed by atoms with Gasteiger partial charge in [-0.3, -0.25) is 0 Å². The number of hydrogen-bond donors (Lipinski definition) is 0. The lowest BCUT2D eigenvalue weighted by Crippen LogP contribution is -1.96. The summed E-state index contributed by atoms with van der Waals surface area (Å²) < 4.78 is 18.3. The van der Waals surface area contributed by atoms with Crippen LogP contribution >= 0.6 is 0 Å². The number of unbranched alkanes of at least 4 members (excludes halogenated alkanes) is 2. The SMILES string of the molecule is CCCCCOc1ccc(C#Cc2ccc(F)nc2)cc1. The highest BCUT2D eigenvalue weighted by molar-refractivity contribution is 5.43. The zero-order valence-corrected chi connectivity index (χ0v) is 12.1. The fourth-order valence-electron chi connectivity index (χ4n) is 1.77. The van der Waals surface area contributed by atoms with Crippen LogP contribution in [0.25, 0.3) is 0 Å². The zero-order valence-electron chi connectivity index (χ0n) is 12.1. The van der Waals surface area contributed by atoms with Crippen LogP contribution < -0.4 is 4.74 Å². The molecular formula is C18H18FNO. The van der Waals surface area contributed by atoms with Gasteiger partial charge in [-0.2, -0.15) is 4.39 Å². The van der Waals surface area contributed by atoms with Crippen molar-refractivity contribution in [1.29, 1.82) is 0 Å². The molecule has 2 aromatic rings. The van der Waals surface area contributed by atoms with E-state index in [2.05, 4.69) is 23.7 Å². The van der Waals surface area contributed by atoms with Crippen LogP contribution in [0.1, 0.15) is 37.3 Å². The van der Waals surface area contributed by atoms with Gasteiger partial charge in [-0.05, 0) is 42.8 Å². The molecule has 0 N–H and O–H groups in total. The Balaban J connectivity index is 1.92. The third-order valence-corrected chi connectivity index (χ3v) is 2.95. The summed E-state index contributed by atoms with van der Waals surface area (Å²) in [7, 11) is 0. The van der Waals surface area contributed by atoms with E-state index in [1.807, 2.05) is 24.3 Å². The summed E-state index contributed by atoms with van der Waals surface area (Å²) in [6.07, 6.45) is 4.88. The fourth-order valence-corrected chi connectivity index (χ4v) is 1.77. The summed E-state index contributed by atoms with van der Waals surface area (Å²) in [5.41, 5.74) is 1.58. The second-order valence-corrected chi connectivity index (χ2v) is 4.70. The van der Waals surface area contributed by atoms with Gasteiger partial charge in [-0.1, -0.05) is 31.6 Å². The largest absolute Gasteiger partial charge is 0.494 e. The lowest BCUT2D eigenvalue weighted by atomic mass is 10.2. The highest BCUT2D eigenvalue weighted by Gasteiger charge is 1.94. The minimum Gasteiger partial charge on any atom is -0.494 e. The van der Waals surface area contributed by atoms with E-state index >= 15 is 0 Å². The molecule has 0 unspecified atom stereocenters. The molecule has 2 nitrogen and oxygen atoms in total. The number of rotatable bonds is 5. The van der Waals surface area contributed by atoms with Crippen molar-refractivity contribution >= 4 is 0 Å². The van der Waals surface area contributed by atoms with Gasteiger partial charge in [0.1, 0.15) is 5.75 Å². The van der Waals surface area contributed by atoms with Gasteiger partial charge in [-0.25, -0.2) is 4.98 Å². The van der Waals surface area contributed by atoms with Gasteiger partial charge in [0.05, 0.1) is 6.61 Å². The molecule has 108 valence electrons. The van der Waals surface area contributed by atoms with E-state index < -0.39 is 5.95 Å². The first-order valence-electron chi connectivity index (χ1n) is 7.14. The molecule has 0 radical (unpaired) electrons. The number of halogens is 1. The van der Waals surface area contributed by atoms with Crippen molar-refractivity contribution in [1.82, 2.24) is 4.98 Å². The molecule has 21 heavy (non-hydrogen) atoms. The summed E-state index contributed by atoms with van der Waals surface area (Å²) in [5.74, 6) is 6.33. The van der Waals surface area contributed by atoms with Crippen molar-refractivity contribution < 1.29 is 9.13 Å². The van der Waals surface area contributed by atoms with Crippen LogP contribution in [0.4, 0.5) is 4.39 Å². The first-order chi connectivity index (χ1) is 10.3. The molecule has 0 atom stereocenters. The van der Waals surface area contributed by atoms with Gasteiger partial charge < -0.3 is 4.74 Å². The quantitative estimate of drug-likeness (QED) is 0.466. The number of nitrogens with zero attached hydrogens (tertiary/aromatic N) is 1. The van der Waals surface area contributed by atoms with E-state index in [9.17, 15) is 4.39 Å². The maximum absolute atomic E-state index is 12.7. The molecule has 0 saturated carbocycles. The van der Waals surface area contributed by atoms with Crippen LogP contribution in [0.15, 0.2) is 42.6 Å². The van der Waals surface area contributed by atoms with Gasteiger partial charge >= 0.3 is 0 Å². The van der Waals surface area contributed by atoms with Gasteiger partial charge in [0.2, 0.25) is 5.95 Å². The molecule has 1 aromatic carbocycles. The number of pyridine rings is 1. The molecular weight excluding hydrogens is 265 g/mol.